The number of thioether (sulfide) groups is 1. The van der Waals surface area contributed by atoms with Gasteiger partial charge in [-0.3, -0.25) is 9.59 Å². The van der Waals surface area contributed by atoms with Crippen molar-refractivity contribution in [1.82, 2.24) is 4.90 Å². The van der Waals surface area contributed by atoms with Crippen molar-refractivity contribution in [2.24, 2.45) is 0 Å². The minimum absolute atomic E-state index is 0.0227. The third-order valence-corrected chi connectivity index (χ3v) is 5.50. The minimum Gasteiger partial charge on any atom is -0.481 e. The fraction of sp³-hybridized carbons (Fsp3) is 0.579. The molecule has 0 radical (unpaired) electrons. The molecule has 2 N–H and O–H groups in total. The van der Waals surface area contributed by atoms with Gasteiger partial charge in [-0.05, 0) is 37.1 Å². The van der Waals surface area contributed by atoms with Crippen LogP contribution in [0.2, 0.25) is 0 Å². The fourth-order valence-corrected chi connectivity index (χ4v) is 3.84. The lowest BCUT2D eigenvalue weighted by atomic mass is 10.1. The largest absolute Gasteiger partial charge is 0.481 e. The molecule has 0 aromatic carbocycles. The van der Waals surface area contributed by atoms with Crippen LogP contribution in [0, 0.1) is 6.92 Å². The molecule has 2 rings (SSSR count). The second kappa shape index (κ2) is 10.4. The quantitative estimate of drug-likeness (QED) is 0.452. The summed E-state index contributed by atoms with van der Waals surface area (Å²) >= 11 is 1.67. The molecule has 0 bridgehead atoms. The number of amides is 1. The Hall–Kier alpha value is -1.73. The van der Waals surface area contributed by atoms with Gasteiger partial charge in [0.2, 0.25) is 5.91 Å². The highest BCUT2D eigenvalue weighted by atomic mass is 32.2. The van der Waals surface area contributed by atoms with E-state index >= 15 is 0 Å². The van der Waals surface area contributed by atoms with Crippen molar-refractivity contribution in [2.45, 2.75) is 51.2 Å². The van der Waals surface area contributed by atoms with E-state index in [0.717, 1.165) is 29.3 Å². The number of carboxylic acids is 1. The Bertz CT molecular complexity index is 627. The van der Waals surface area contributed by atoms with Crippen LogP contribution in [-0.4, -0.2) is 57.2 Å². The van der Waals surface area contributed by atoms with Crippen LogP contribution >= 0.6 is 11.8 Å². The second-order valence-electron chi connectivity index (χ2n) is 6.49. The van der Waals surface area contributed by atoms with Crippen molar-refractivity contribution < 1.29 is 24.2 Å². The topological polar surface area (TPSA) is 91.0 Å². The number of likely N-dealkylation sites (tertiary alicyclic amines) is 1. The zero-order chi connectivity index (χ0) is 18.9. The lowest BCUT2D eigenvalue weighted by Crippen LogP contribution is -2.34. The predicted octanol–water partition coefficient (Wildman–Crippen LogP) is 2.64. The van der Waals surface area contributed by atoms with E-state index in [4.69, 9.17) is 9.52 Å². The van der Waals surface area contributed by atoms with Crippen molar-refractivity contribution >= 4 is 23.6 Å². The SMILES string of the molecule is Cc1ccoc1C[C@H](O)C=C[C@H]1CCC(=O)N1CCSCCCC(=O)O. The van der Waals surface area contributed by atoms with E-state index in [-0.39, 0.29) is 18.4 Å². The third-order valence-electron chi connectivity index (χ3n) is 4.45. The Kier molecular flexibility index (Phi) is 8.25. The van der Waals surface area contributed by atoms with Crippen LogP contribution < -0.4 is 0 Å². The highest BCUT2D eigenvalue weighted by molar-refractivity contribution is 7.99. The summed E-state index contributed by atoms with van der Waals surface area (Å²) in [4.78, 5) is 24.4. The highest BCUT2D eigenvalue weighted by Gasteiger charge is 2.28. The van der Waals surface area contributed by atoms with Gasteiger partial charge in [-0.2, -0.15) is 11.8 Å². The number of carbonyl (C=O) groups excluding carboxylic acids is 1. The number of aliphatic hydroxyl groups excluding tert-OH is 1. The second-order valence-corrected chi connectivity index (χ2v) is 7.71. The number of rotatable bonds is 11. The summed E-state index contributed by atoms with van der Waals surface area (Å²) in [6.45, 7) is 2.60. The van der Waals surface area contributed by atoms with Crippen LogP contribution in [0.15, 0.2) is 28.9 Å². The van der Waals surface area contributed by atoms with Gasteiger partial charge in [0.1, 0.15) is 5.76 Å². The molecular formula is C19H27NO5S. The summed E-state index contributed by atoms with van der Waals surface area (Å²) in [6, 6.07) is 1.89. The van der Waals surface area contributed by atoms with E-state index in [1.54, 1.807) is 24.1 Å². The average molecular weight is 381 g/mol. The lowest BCUT2D eigenvalue weighted by Gasteiger charge is -2.22. The Morgan fingerprint density at radius 3 is 3.00 bits per heavy atom. The van der Waals surface area contributed by atoms with Crippen LogP contribution in [0.25, 0.3) is 0 Å². The molecule has 1 aliphatic heterocycles. The molecular weight excluding hydrogens is 354 g/mol. The maximum absolute atomic E-state index is 12.1. The maximum atomic E-state index is 12.1. The molecule has 7 heteroatoms. The number of furan rings is 1. The molecule has 1 aromatic heterocycles. The molecule has 1 aromatic rings. The monoisotopic (exact) mass is 381 g/mol. The van der Waals surface area contributed by atoms with Gasteiger partial charge in [0.05, 0.1) is 18.4 Å². The Balaban J connectivity index is 1.75. The first-order chi connectivity index (χ1) is 12.5. The smallest absolute Gasteiger partial charge is 0.303 e. The summed E-state index contributed by atoms with van der Waals surface area (Å²) in [5.41, 5.74) is 1.02. The Labute approximate surface area is 158 Å². The van der Waals surface area contributed by atoms with E-state index in [0.29, 0.717) is 25.8 Å². The van der Waals surface area contributed by atoms with Crippen LogP contribution in [0.1, 0.15) is 37.0 Å². The number of hydrogen-bond acceptors (Lipinski definition) is 5. The number of nitrogens with zero attached hydrogens (tertiary/aromatic N) is 1. The van der Waals surface area contributed by atoms with Gasteiger partial charge in [-0.1, -0.05) is 12.2 Å². The summed E-state index contributed by atoms with van der Waals surface area (Å²) < 4.78 is 5.35. The van der Waals surface area contributed by atoms with Gasteiger partial charge in [0, 0.05) is 31.6 Å². The molecule has 1 saturated heterocycles. The number of carbonyl (C=O) groups is 2. The van der Waals surface area contributed by atoms with E-state index in [2.05, 4.69) is 0 Å². The normalized spacial score (nSPS) is 18.8. The van der Waals surface area contributed by atoms with Crippen molar-refractivity contribution in [3.8, 4) is 0 Å². The van der Waals surface area contributed by atoms with Crippen LogP contribution in [0.5, 0.6) is 0 Å². The number of carboxylic acid groups (broad SMARTS) is 1. The Morgan fingerprint density at radius 1 is 1.50 bits per heavy atom. The van der Waals surface area contributed by atoms with E-state index < -0.39 is 12.1 Å². The van der Waals surface area contributed by atoms with Crippen molar-refractivity contribution in [2.75, 3.05) is 18.1 Å². The van der Waals surface area contributed by atoms with Gasteiger partial charge in [0.15, 0.2) is 0 Å². The van der Waals surface area contributed by atoms with Gasteiger partial charge in [-0.25, -0.2) is 0 Å². The van der Waals surface area contributed by atoms with E-state index in [9.17, 15) is 14.7 Å². The summed E-state index contributed by atoms with van der Waals surface area (Å²) in [5.74, 6) is 1.73. The highest BCUT2D eigenvalue weighted by Crippen LogP contribution is 2.21. The molecule has 2 heterocycles. The fourth-order valence-electron chi connectivity index (χ4n) is 2.96. The first-order valence-corrected chi connectivity index (χ1v) is 10.1. The molecule has 0 unspecified atom stereocenters. The standard InChI is InChI=1S/C19H27NO5S/c1-14-8-10-25-17(14)13-16(21)6-4-15-5-7-18(22)20(15)9-12-26-11-2-3-19(23)24/h4,6,8,10,15-16,21H,2-3,5,7,9,11-13H2,1H3,(H,23,24)/t15-,16+/m0/s1. The molecule has 144 valence electrons. The number of aliphatic hydroxyl groups is 1. The van der Waals surface area contributed by atoms with Crippen LogP contribution in [0.3, 0.4) is 0 Å². The molecule has 6 nitrogen and oxygen atoms in total. The lowest BCUT2D eigenvalue weighted by molar-refractivity contribution is -0.137. The third kappa shape index (κ3) is 6.53. The molecule has 0 spiro atoms. The number of hydrogen-bond donors (Lipinski definition) is 2. The molecule has 1 fully saturated rings. The van der Waals surface area contributed by atoms with Gasteiger partial charge in [-0.15, -0.1) is 0 Å². The number of aliphatic carboxylic acids is 1. The predicted molar refractivity (Wildman–Crippen MR) is 101 cm³/mol. The Morgan fingerprint density at radius 2 is 2.31 bits per heavy atom. The van der Waals surface area contributed by atoms with Crippen molar-refractivity contribution in [1.29, 1.82) is 0 Å². The zero-order valence-electron chi connectivity index (χ0n) is 15.1. The van der Waals surface area contributed by atoms with E-state index in [1.165, 1.54) is 0 Å². The molecule has 2 atom stereocenters. The van der Waals surface area contributed by atoms with Gasteiger partial charge >= 0.3 is 5.97 Å². The summed E-state index contributed by atoms with van der Waals surface area (Å²) in [6.07, 6.45) is 7.22. The molecule has 0 saturated carbocycles. The van der Waals surface area contributed by atoms with E-state index in [1.807, 2.05) is 24.0 Å². The molecule has 1 amide bonds. The minimum atomic E-state index is -0.770. The summed E-state index contributed by atoms with van der Waals surface area (Å²) in [7, 11) is 0. The van der Waals surface area contributed by atoms with Crippen LogP contribution in [0.4, 0.5) is 0 Å². The number of aryl methyl sites for hydroxylation is 1. The molecule has 0 aliphatic carbocycles. The van der Waals surface area contributed by atoms with Gasteiger partial charge < -0.3 is 19.5 Å². The maximum Gasteiger partial charge on any atom is 0.303 e. The first kappa shape index (κ1) is 20.6. The van der Waals surface area contributed by atoms with Gasteiger partial charge in [0.25, 0.3) is 0 Å². The average Bonchev–Trinajstić information content (AvgIpc) is 3.15. The van der Waals surface area contributed by atoms with Crippen molar-refractivity contribution in [3.63, 3.8) is 0 Å². The molecule has 1 aliphatic rings. The molecule has 26 heavy (non-hydrogen) atoms. The van der Waals surface area contributed by atoms with Crippen LogP contribution in [-0.2, 0) is 16.0 Å². The summed E-state index contributed by atoms with van der Waals surface area (Å²) in [5, 5.41) is 18.8. The van der Waals surface area contributed by atoms with Crippen molar-refractivity contribution in [3.05, 3.63) is 35.8 Å². The first-order valence-electron chi connectivity index (χ1n) is 8.95. The zero-order valence-corrected chi connectivity index (χ0v) is 15.9.